The second kappa shape index (κ2) is 5.90. The van der Waals surface area contributed by atoms with Gasteiger partial charge in [-0.15, -0.1) is 0 Å². The van der Waals surface area contributed by atoms with Gasteiger partial charge in [0.15, 0.2) is 0 Å². The molecule has 1 aromatic rings. The Morgan fingerprint density at radius 1 is 1.52 bits per heavy atom. The van der Waals surface area contributed by atoms with Crippen LogP contribution in [0.1, 0.15) is 36.5 Å². The standard InChI is InChI=1S/C13H16ClFN2O3S/c1-7(4-8-2-3-8)17-13(18)9-5-12(21(16,19)20)11(15)6-10(9)14/h5-8H,2-4H2,1H3,(H,17,18)(H2,16,19,20). The number of carbonyl (C=O) groups excluding carboxylic acids is 1. The molecule has 116 valence electrons. The largest absolute Gasteiger partial charge is 0.350 e. The second-order valence-electron chi connectivity index (χ2n) is 5.36. The van der Waals surface area contributed by atoms with Gasteiger partial charge in [-0.2, -0.15) is 0 Å². The first-order chi connectivity index (χ1) is 9.68. The summed E-state index contributed by atoms with van der Waals surface area (Å²) in [5.41, 5.74) is -0.107. The average molecular weight is 335 g/mol. The molecular weight excluding hydrogens is 319 g/mol. The minimum atomic E-state index is -4.26. The highest BCUT2D eigenvalue weighted by Crippen LogP contribution is 2.33. The third-order valence-corrected chi connectivity index (χ3v) is 4.57. The van der Waals surface area contributed by atoms with Crippen LogP contribution in [-0.4, -0.2) is 20.4 Å². The molecule has 1 atom stereocenters. The van der Waals surface area contributed by atoms with Gasteiger partial charge >= 0.3 is 0 Å². The Hall–Kier alpha value is -1.18. The maximum Gasteiger partial charge on any atom is 0.253 e. The quantitative estimate of drug-likeness (QED) is 0.863. The van der Waals surface area contributed by atoms with Crippen molar-refractivity contribution >= 4 is 27.5 Å². The van der Waals surface area contributed by atoms with Gasteiger partial charge in [-0.25, -0.2) is 17.9 Å². The molecule has 0 radical (unpaired) electrons. The molecule has 1 aromatic carbocycles. The fraction of sp³-hybridized carbons (Fsp3) is 0.462. The van der Waals surface area contributed by atoms with Gasteiger partial charge in [0.2, 0.25) is 10.0 Å². The number of primary sulfonamides is 1. The van der Waals surface area contributed by atoms with Crippen molar-refractivity contribution < 1.29 is 17.6 Å². The van der Waals surface area contributed by atoms with Crippen molar-refractivity contribution in [3.63, 3.8) is 0 Å². The maximum atomic E-state index is 13.6. The van der Waals surface area contributed by atoms with E-state index in [9.17, 15) is 17.6 Å². The highest BCUT2D eigenvalue weighted by molar-refractivity contribution is 7.89. The predicted molar refractivity (Wildman–Crippen MR) is 77.1 cm³/mol. The molecule has 2 rings (SSSR count). The molecule has 3 N–H and O–H groups in total. The third kappa shape index (κ3) is 4.15. The summed E-state index contributed by atoms with van der Waals surface area (Å²) >= 11 is 5.81. The number of nitrogens with one attached hydrogen (secondary N) is 1. The van der Waals surface area contributed by atoms with Crippen molar-refractivity contribution in [2.75, 3.05) is 0 Å². The van der Waals surface area contributed by atoms with Crippen LogP contribution in [0.2, 0.25) is 5.02 Å². The molecule has 0 aromatic heterocycles. The number of hydrogen-bond acceptors (Lipinski definition) is 3. The number of nitrogens with two attached hydrogens (primary N) is 1. The lowest BCUT2D eigenvalue weighted by Gasteiger charge is -2.14. The van der Waals surface area contributed by atoms with E-state index in [1.54, 1.807) is 0 Å². The lowest BCUT2D eigenvalue weighted by molar-refractivity contribution is 0.0937. The fourth-order valence-corrected chi connectivity index (χ4v) is 2.98. The van der Waals surface area contributed by atoms with E-state index in [2.05, 4.69) is 5.32 Å². The Morgan fingerprint density at radius 2 is 2.14 bits per heavy atom. The number of sulfonamides is 1. The van der Waals surface area contributed by atoms with Crippen molar-refractivity contribution in [2.45, 2.75) is 37.1 Å². The van der Waals surface area contributed by atoms with Crippen LogP contribution in [0.25, 0.3) is 0 Å². The number of benzene rings is 1. The van der Waals surface area contributed by atoms with E-state index < -0.39 is 26.6 Å². The number of hydrogen-bond donors (Lipinski definition) is 2. The summed E-state index contributed by atoms with van der Waals surface area (Å²) in [6, 6.07) is 1.58. The van der Waals surface area contributed by atoms with E-state index >= 15 is 0 Å². The fourth-order valence-electron chi connectivity index (χ4n) is 2.14. The molecule has 1 aliphatic carbocycles. The van der Waals surface area contributed by atoms with Crippen LogP contribution in [0.3, 0.4) is 0 Å². The molecule has 8 heteroatoms. The summed E-state index contributed by atoms with van der Waals surface area (Å²) in [5, 5.41) is 7.48. The number of amides is 1. The van der Waals surface area contributed by atoms with Crippen molar-refractivity contribution in [2.24, 2.45) is 11.1 Å². The first kappa shape index (κ1) is 16.2. The third-order valence-electron chi connectivity index (χ3n) is 3.33. The van der Waals surface area contributed by atoms with E-state index in [0.29, 0.717) is 5.92 Å². The minimum Gasteiger partial charge on any atom is -0.350 e. The molecule has 1 amide bonds. The topological polar surface area (TPSA) is 89.3 Å². The molecule has 1 saturated carbocycles. The molecule has 1 aliphatic rings. The van der Waals surface area contributed by atoms with Crippen LogP contribution in [0.15, 0.2) is 17.0 Å². The maximum absolute atomic E-state index is 13.6. The second-order valence-corrected chi connectivity index (χ2v) is 7.30. The van der Waals surface area contributed by atoms with Crippen LogP contribution in [0, 0.1) is 11.7 Å². The summed E-state index contributed by atoms with van der Waals surface area (Å²) in [5.74, 6) is -0.993. The van der Waals surface area contributed by atoms with Gasteiger partial charge in [-0.05, 0) is 31.4 Å². The average Bonchev–Trinajstić information content (AvgIpc) is 3.10. The Kier molecular flexibility index (Phi) is 4.55. The van der Waals surface area contributed by atoms with Crippen LogP contribution < -0.4 is 10.5 Å². The zero-order valence-corrected chi connectivity index (χ0v) is 13.0. The molecule has 0 aliphatic heterocycles. The van der Waals surface area contributed by atoms with Crippen molar-refractivity contribution in [3.05, 3.63) is 28.5 Å². The summed E-state index contributed by atoms with van der Waals surface area (Å²) in [6.07, 6.45) is 3.17. The Bertz CT molecular complexity index is 674. The Labute approximate surface area is 127 Å². The molecule has 0 spiro atoms. The minimum absolute atomic E-state index is 0.0657. The highest BCUT2D eigenvalue weighted by atomic mass is 35.5. The number of halogens is 2. The van der Waals surface area contributed by atoms with Gasteiger partial charge in [0.05, 0.1) is 10.6 Å². The Balaban J connectivity index is 2.23. The molecule has 5 nitrogen and oxygen atoms in total. The smallest absolute Gasteiger partial charge is 0.253 e. The predicted octanol–water partition coefficient (Wildman–Crippen LogP) is 2.04. The first-order valence-corrected chi connectivity index (χ1v) is 8.43. The lowest BCUT2D eigenvalue weighted by Crippen LogP contribution is -2.33. The SMILES string of the molecule is CC(CC1CC1)NC(=O)c1cc(S(N)(=O)=O)c(F)cc1Cl. The molecule has 1 unspecified atom stereocenters. The normalized spacial score (nSPS) is 16.6. The van der Waals surface area contributed by atoms with E-state index in [0.717, 1.165) is 31.4 Å². The monoisotopic (exact) mass is 334 g/mol. The van der Waals surface area contributed by atoms with Gasteiger partial charge in [-0.3, -0.25) is 4.79 Å². The zero-order valence-electron chi connectivity index (χ0n) is 11.4. The van der Waals surface area contributed by atoms with Crippen LogP contribution in [0.4, 0.5) is 4.39 Å². The van der Waals surface area contributed by atoms with Crippen LogP contribution >= 0.6 is 11.6 Å². The first-order valence-electron chi connectivity index (χ1n) is 6.51. The van der Waals surface area contributed by atoms with Gasteiger partial charge in [0.1, 0.15) is 10.7 Å². The summed E-state index contributed by atoms with van der Waals surface area (Å²) in [6.45, 7) is 1.86. The van der Waals surface area contributed by atoms with Crippen LogP contribution in [0.5, 0.6) is 0 Å². The van der Waals surface area contributed by atoms with Crippen molar-refractivity contribution in [3.8, 4) is 0 Å². The molecular formula is C13H16ClFN2O3S. The Morgan fingerprint density at radius 3 is 2.67 bits per heavy atom. The number of carbonyl (C=O) groups is 1. The van der Waals surface area contributed by atoms with Gasteiger partial charge in [0, 0.05) is 6.04 Å². The molecule has 0 heterocycles. The summed E-state index contributed by atoms with van der Waals surface area (Å²) < 4.78 is 36.1. The lowest BCUT2D eigenvalue weighted by atomic mass is 10.1. The van der Waals surface area contributed by atoms with E-state index in [1.807, 2.05) is 6.92 Å². The highest BCUT2D eigenvalue weighted by Gasteiger charge is 2.26. The summed E-state index contributed by atoms with van der Waals surface area (Å²) in [4.78, 5) is 11.4. The van der Waals surface area contributed by atoms with E-state index in [-0.39, 0.29) is 16.6 Å². The van der Waals surface area contributed by atoms with Crippen molar-refractivity contribution in [1.29, 1.82) is 0 Å². The van der Waals surface area contributed by atoms with Gasteiger partial charge < -0.3 is 5.32 Å². The number of rotatable bonds is 5. The van der Waals surface area contributed by atoms with E-state index in [4.69, 9.17) is 16.7 Å². The molecule has 1 fully saturated rings. The zero-order chi connectivity index (χ0) is 15.8. The summed E-state index contributed by atoms with van der Waals surface area (Å²) in [7, 11) is -4.26. The van der Waals surface area contributed by atoms with E-state index in [1.165, 1.54) is 0 Å². The molecule has 0 bridgehead atoms. The van der Waals surface area contributed by atoms with Crippen molar-refractivity contribution in [1.82, 2.24) is 5.32 Å². The van der Waals surface area contributed by atoms with Gasteiger partial charge in [0.25, 0.3) is 5.91 Å². The molecule has 0 saturated heterocycles. The van der Waals surface area contributed by atoms with Crippen LogP contribution in [-0.2, 0) is 10.0 Å². The van der Waals surface area contributed by atoms with Gasteiger partial charge in [-0.1, -0.05) is 24.4 Å². The molecule has 21 heavy (non-hydrogen) atoms.